The number of hydrogen-bond donors (Lipinski definition) is 0. The second-order valence-corrected chi connectivity index (χ2v) is 2.78. The molecular weight excluding hydrogens is 146 g/mol. The fourth-order valence-electron chi connectivity index (χ4n) is 0.571. The van der Waals surface area contributed by atoms with Crippen molar-refractivity contribution in [3.63, 3.8) is 0 Å². The SMILES string of the molecule is COC(=O)C(C)(C)CN=C=O. The third kappa shape index (κ3) is 2.96. The van der Waals surface area contributed by atoms with Gasteiger partial charge in [-0.25, -0.2) is 9.79 Å². The van der Waals surface area contributed by atoms with Crippen LogP contribution in [0, 0.1) is 5.41 Å². The van der Waals surface area contributed by atoms with Crippen molar-refractivity contribution >= 4 is 12.0 Å². The molecule has 0 unspecified atom stereocenters. The predicted octanol–water partition coefficient (Wildman–Crippen LogP) is 0.521. The molecule has 0 atom stereocenters. The van der Waals surface area contributed by atoms with Crippen molar-refractivity contribution in [3.8, 4) is 0 Å². The smallest absolute Gasteiger partial charge is 0.313 e. The molecular formula is C7H11NO3. The second-order valence-electron chi connectivity index (χ2n) is 2.78. The van der Waals surface area contributed by atoms with Gasteiger partial charge in [-0.05, 0) is 13.8 Å². The molecule has 62 valence electrons. The Kier molecular flexibility index (Phi) is 3.48. The molecule has 4 heteroatoms. The van der Waals surface area contributed by atoms with Gasteiger partial charge >= 0.3 is 5.97 Å². The van der Waals surface area contributed by atoms with Crippen LogP contribution in [-0.4, -0.2) is 25.7 Å². The van der Waals surface area contributed by atoms with Gasteiger partial charge in [0.15, 0.2) is 0 Å². The van der Waals surface area contributed by atoms with E-state index in [1.165, 1.54) is 13.2 Å². The van der Waals surface area contributed by atoms with E-state index in [2.05, 4.69) is 9.73 Å². The average Bonchev–Trinajstić information content (AvgIpc) is 1.99. The minimum atomic E-state index is -0.730. The van der Waals surface area contributed by atoms with E-state index in [0.717, 1.165) is 0 Å². The van der Waals surface area contributed by atoms with Gasteiger partial charge in [0.05, 0.1) is 19.1 Å². The quantitative estimate of drug-likeness (QED) is 0.341. The third-order valence-electron chi connectivity index (χ3n) is 1.28. The molecule has 0 rings (SSSR count). The molecule has 0 heterocycles. The van der Waals surface area contributed by atoms with Crippen molar-refractivity contribution in [1.29, 1.82) is 0 Å². The number of rotatable bonds is 3. The van der Waals surface area contributed by atoms with Crippen molar-refractivity contribution in [2.45, 2.75) is 13.8 Å². The lowest BCUT2D eigenvalue weighted by Crippen LogP contribution is -2.28. The highest BCUT2D eigenvalue weighted by Crippen LogP contribution is 2.16. The topological polar surface area (TPSA) is 55.7 Å². The van der Waals surface area contributed by atoms with Gasteiger partial charge in [0.25, 0.3) is 0 Å². The molecule has 0 aliphatic heterocycles. The van der Waals surface area contributed by atoms with Gasteiger partial charge in [0, 0.05) is 0 Å². The minimum Gasteiger partial charge on any atom is -0.469 e. The number of isocyanates is 1. The Morgan fingerprint density at radius 3 is 2.55 bits per heavy atom. The normalized spacial score (nSPS) is 10.1. The first-order valence-corrected chi connectivity index (χ1v) is 3.16. The van der Waals surface area contributed by atoms with Crippen LogP contribution in [0.15, 0.2) is 4.99 Å². The van der Waals surface area contributed by atoms with Crippen LogP contribution in [0.5, 0.6) is 0 Å². The van der Waals surface area contributed by atoms with Crippen molar-refractivity contribution in [2.24, 2.45) is 10.4 Å². The summed E-state index contributed by atoms with van der Waals surface area (Å²) in [6.45, 7) is 3.42. The number of hydrogen-bond acceptors (Lipinski definition) is 4. The fourth-order valence-corrected chi connectivity index (χ4v) is 0.571. The standard InChI is InChI=1S/C7H11NO3/c1-7(2,4-8-5-9)6(10)11-3/h4H2,1-3H3. The van der Waals surface area contributed by atoms with Gasteiger partial charge in [-0.3, -0.25) is 4.79 Å². The van der Waals surface area contributed by atoms with E-state index in [1.54, 1.807) is 13.8 Å². The zero-order chi connectivity index (χ0) is 8.91. The van der Waals surface area contributed by atoms with E-state index in [4.69, 9.17) is 0 Å². The van der Waals surface area contributed by atoms with Crippen LogP contribution >= 0.6 is 0 Å². The van der Waals surface area contributed by atoms with E-state index in [9.17, 15) is 9.59 Å². The van der Waals surface area contributed by atoms with Gasteiger partial charge in [-0.2, -0.15) is 0 Å². The molecule has 0 fully saturated rings. The Balaban J connectivity index is 4.20. The number of nitrogens with zero attached hydrogens (tertiary/aromatic N) is 1. The maximum atomic E-state index is 10.9. The molecule has 0 amide bonds. The number of aliphatic imine (C=N–C) groups is 1. The van der Waals surface area contributed by atoms with E-state index in [1.807, 2.05) is 0 Å². The zero-order valence-electron chi connectivity index (χ0n) is 6.88. The third-order valence-corrected chi connectivity index (χ3v) is 1.28. The molecule has 0 bridgehead atoms. The van der Waals surface area contributed by atoms with Gasteiger partial charge in [0.1, 0.15) is 0 Å². The predicted molar refractivity (Wildman–Crippen MR) is 38.8 cm³/mol. The first kappa shape index (κ1) is 9.85. The number of carbonyl (C=O) groups excluding carboxylic acids is 2. The Labute approximate surface area is 65.3 Å². The first-order valence-electron chi connectivity index (χ1n) is 3.16. The molecule has 0 aliphatic carbocycles. The molecule has 0 aromatic heterocycles. The molecule has 0 aromatic carbocycles. The molecule has 4 nitrogen and oxygen atoms in total. The van der Waals surface area contributed by atoms with E-state index < -0.39 is 5.41 Å². The summed E-state index contributed by atoms with van der Waals surface area (Å²) in [4.78, 5) is 24.0. The highest BCUT2D eigenvalue weighted by atomic mass is 16.5. The van der Waals surface area contributed by atoms with Crippen molar-refractivity contribution in [1.82, 2.24) is 0 Å². The second kappa shape index (κ2) is 3.88. The van der Waals surface area contributed by atoms with Crippen LogP contribution in [0.25, 0.3) is 0 Å². The first-order chi connectivity index (χ1) is 5.04. The van der Waals surface area contributed by atoms with Gasteiger partial charge < -0.3 is 4.74 Å². The van der Waals surface area contributed by atoms with Crippen LogP contribution in [-0.2, 0) is 14.3 Å². The Morgan fingerprint density at radius 2 is 2.18 bits per heavy atom. The van der Waals surface area contributed by atoms with Gasteiger partial charge in [0.2, 0.25) is 6.08 Å². The maximum Gasteiger partial charge on any atom is 0.313 e. The summed E-state index contributed by atoms with van der Waals surface area (Å²) in [5.41, 5.74) is -0.730. The summed E-state index contributed by atoms with van der Waals surface area (Å²) in [7, 11) is 1.30. The van der Waals surface area contributed by atoms with Gasteiger partial charge in [-0.1, -0.05) is 0 Å². The fraction of sp³-hybridized carbons (Fsp3) is 0.714. The maximum absolute atomic E-state index is 10.9. The van der Waals surface area contributed by atoms with Gasteiger partial charge in [-0.15, -0.1) is 0 Å². The molecule has 11 heavy (non-hydrogen) atoms. The Bertz CT molecular complexity index is 192. The summed E-state index contributed by atoms with van der Waals surface area (Å²) >= 11 is 0. The Morgan fingerprint density at radius 1 is 1.64 bits per heavy atom. The van der Waals surface area contributed by atoms with Crippen LogP contribution in [0.4, 0.5) is 0 Å². The van der Waals surface area contributed by atoms with Crippen molar-refractivity contribution in [3.05, 3.63) is 0 Å². The van der Waals surface area contributed by atoms with Crippen LogP contribution in [0.3, 0.4) is 0 Å². The minimum absolute atomic E-state index is 0.114. The summed E-state index contributed by atoms with van der Waals surface area (Å²) in [5.74, 6) is -0.378. The monoisotopic (exact) mass is 157 g/mol. The number of esters is 1. The number of carbonyl (C=O) groups is 1. The van der Waals surface area contributed by atoms with E-state index in [-0.39, 0.29) is 12.5 Å². The molecule has 0 N–H and O–H groups in total. The van der Waals surface area contributed by atoms with Crippen LogP contribution in [0.2, 0.25) is 0 Å². The molecule has 0 radical (unpaired) electrons. The largest absolute Gasteiger partial charge is 0.469 e. The van der Waals surface area contributed by atoms with E-state index in [0.29, 0.717) is 0 Å². The number of methoxy groups -OCH3 is 1. The lowest BCUT2D eigenvalue weighted by Gasteiger charge is -2.17. The van der Waals surface area contributed by atoms with E-state index >= 15 is 0 Å². The summed E-state index contributed by atoms with van der Waals surface area (Å²) in [6.07, 6.45) is 1.37. The highest BCUT2D eigenvalue weighted by Gasteiger charge is 2.28. The molecule has 0 saturated carbocycles. The van der Waals surface area contributed by atoms with Crippen LogP contribution < -0.4 is 0 Å². The lowest BCUT2D eigenvalue weighted by molar-refractivity contribution is -0.150. The zero-order valence-corrected chi connectivity index (χ0v) is 6.88. The molecule has 0 aliphatic rings. The summed E-state index contributed by atoms with van der Waals surface area (Å²) in [6, 6.07) is 0. The molecule has 0 saturated heterocycles. The molecule has 0 spiro atoms. The molecule has 0 aromatic rings. The number of ether oxygens (including phenoxy) is 1. The van der Waals surface area contributed by atoms with Crippen LogP contribution in [0.1, 0.15) is 13.8 Å². The summed E-state index contributed by atoms with van der Waals surface area (Å²) in [5, 5.41) is 0. The average molecular weight is 157 g/mol. The highest BCUT2D eigenvalue weighted by molar-refractivity contribution is 5.76. The lowest BCUT2D eigenvalue weighted by atomic mass is 9.94. The Hall–Kier alpha value is -1.15. The van der Waals surface area contributed by atoms with Crippen molar-refractivity contribution in [2.75, 3.05) is 13.7 Å². The summed E-state index contributed by atoms with van der Waals surface area (Å²) < 4.78 is 4.48. The van der Waals surface area contributed by atoms with Crippen molar-refractivity contribution < 1.29 is 14.3 Å².